The number of halogens is 2. The summed E-state index contributed by atoms with van der Waals surface area (Å²) in [5.41, 5.74) is -0.545. The molecule has 1 aromatic rings. The van der Waals surface area contributed by atoms with Crippen LogP contribution in [0.15, 0.2) is 18.2 Å². The van der Waals surface area contributed by atoms with Crippen molar-refractivity contribution in [1.29, 1.82) is 0 Å². The highest BCUT2D eigenvalue weighted by Crippen LogP contribution is 2.18. The van der Waals surface area contributed by atoms with E-state index in [4.69, 9.17) is 0 Å². The van der Waals surface area contributed by atoms with Crippen LogP contribution in [0.3, 0.4) is 0 Å². The Hall–Kier alpha value is -1.49. The molecule has 1 unspecified atom stereocenters. The summed E-state index contributed by atoms with van der Waals surface area (Å²) in [5, 5.41) is 9.25. The number of carbonyl (C=O) groups excluding carboxylic acids is 1. The minimum atomic E-state index is -0.869. The van der Waals surface area contributed by atoms with Gasteiger partial charge in [-0.15, -0.1) is 0 Å². The molecule has 1 saturated heterocycles. The zero-order chi connectivity index (χ0) is 11.7. The molecule has 1 heterocycles. The van der Waals surface area contributed by atoms with Crippen molar-refractivity contribution in [2.24, 2.45) is 0 Å². The number of likely N-dealkylation sites (tertiary alicyclic amines) is 1. The Morgan fingerprint density at radius 2 is 2.00 bits per heavy atom. The number of β-amino-alcohol motifs (C(OH)–C–C–N with tert-alkyl or cyclic N) is 1. The van der Waals surface area contributed by atoms with E-state index in [-0.39, 0.29) is 6.54 Å². The van der Waals surface area contributed by atoms with Crippen molar-refractivity contribution < 1.29 is 18.7 Å². The van der Waals surface area contributed by atoms with Gasteiger partial charge in [-0.1, -0.05) is 6.07 Å². The first-order valence-electron chi connectivity index (χ1n) is 5.01. The molecule has 0 bridgehead atoms. The molecule has 1 aliphatic rings. The van der Waals surface area contributed by atoms with Gasteiger partial charge in [0.15, 0.2) is 0 Å². The molecule has 3 nitrogen and oxygen atoms in total. The first kappa shape index (κ1) is 11.0. The highest BCUT2D eigenvalue weighted by Gasteiger charge is 2.28. The molecule has 1 aromatic carbocycles. The first-order chi connectivity index (χ1) is 7.59. The summed E-state index contributed by atoms with van der Waals surface area (Å²) in [7, 11) is 0. The second kappa shape index (κ2) is 4.17. The number of amides is 1. The Balaban J connectivity index is 2.27. The monoisotopic (exact) mass is 227 g/mol. The van der Waals surface area contributed by atoms with Crippen LogP contribution in [0, 0.1) is 11.6 Å². The number of hydrogen-bond acceptors (Lipinski definition) is 2. The van der Waals surface area contributed by atoms with E-state index >= 15 is 0 Å². The van der Waals surface area contributed by atoms with Crippen LogP contribution < -0.4 is 0 Å². The first-order valence-corrected chi connectivity index (χ1v) is 5.01. The molecular formula is C11H11F2NO2. The van der Waals surface area contributed by atoms with Crippen molar-refractivity contribution in [3.05, 3.63) is 35.4 Å². The van der Waals surface area contributed by atoms with Gasteiger partial charge in [-0.2, -0.15) is 0 Å². The predicted molar refractivity (Wildman–Crippen MR) is 52.9 cm³/mol. The average Bonchev–Trinajstić information content (AvgIpc) is 2.64. The van der Waals surface area contributed by atoms with E-state index in [1.807, 2.05) is 0 Å². The van der Waals surface area contributed by atoms with Crippen molar-refractivity contribution >= 4 is 5.91 Å². The van der Waals surface area contributed by atoms with Crippen LogP contribution in [0.4, 0.5) is 8.78 Å². The Labute approximate surface area is 91.3 Å². The summed E-state index contributed by atoms with van der Waals surface area (Å²) < 4.78 is 26.6. The van der Waals surface area contributed by atoms with E-state index in [9.17, 15) is 18.7 Å². The van der Waals surface area contributed by atoms with Crippen molar-refractivity contribution in [1.82, 2.24) is 4.90 Å². The van der Waals surface area contributed by atoms with E-state index in [1.54, 1.807) is 0 Å². The van der Waals surface area contributed by atoms with Crippen molar-refractivity contribution in [3.8, 4) is 0 Å². The largest absolute Gasteiger partial charge is 0.391 e. The van der Waals surface area contributed by atoms with Gasteiger partial charge in [0.1, 0.15) is 17.2 Å². The lowest BCUT2D eigenvalue weighted by atomic mass is 10.1. The SMILES string of the molecule is O=C(c1c(F)cccc1F)N1CCC(O)C1. The Morgan fingerprint density at radius 3 is 2.50 bits per heavy atom. The highest BCUT2D eigenvalue weighted by atomic mass is 19.1. The molecule has 2 rings (SSSR count). The third kappa shape index (κ3) is 1.90. The lowest BCUT2D eigenvalue weighted by Gasteiger charge is -2.16. The van der Waals surface area contributed by atoms with Crippen LogP contribution in [0.2, 0.25) is 0 Å². The maximum atomic E-state index is 13.3. The fraction of sp³-hybridized carbons (Fsp3) is 0.364. The summed E-state index contributed by atoms with van der Waals surface area (Å²) in [5.74, 6) is -2.44. The van der Waals surface area contributed by atoms with Gasteiger partial charge in [-0.3, -0.25) is 4.79 Å². The minimum Gasteiger partial charge on any atom is -0.391 e. The van der Waals surface area contributed by atoms with Crippen molar-refractivity contribution in [2.45, 2.75) is 12.5 Å². The van der Waals surface area contributed by atoms with Gasteiger partial charge >= 0.3 is 0 Å². The van der Waals surface area contributed by atoms with Crippen LogP contribution in [0.1, 0.15) is 16.8 Å². The van der Waals surface area contributed by atoms with Crippen LogP contribution in [0.5, 0.6) is 0 Å². The van der Waals surface area contributed by atoms with Crippen molar-refractivity contribution in [2.75, 3.05) is 13.1 Å². The van der Waals surface area contributed by atoms with E-state index in [1.165, 1.54) is 11.0 Å². The van der Waals surface area contributed by atoms with E-state index < -0.39 is 29.2 Å². The second-order valence-electron chi connectivity index (χ2n) is 3.79. The normalized spacial score (nSPS) is 20.2. The van der Waals surface area contributed by atoms with Gasteiger partial charge in [0.05, 0.1) is 6.10 Å². The fourth-order valence-electron chi connectivity index (χ4n) is 1.79. The number of aliphatic hydroxyl groups excluding tert-OH is 1. The van der Waals surface area contributed by atoms with E-state index in [0.717, 1.165) is 12.1 Å². The Kier molecular flexibility index (Phi) is 2.87. The molecule has 1 fully saturated rings. The van der Waals surface area contributed by atoms with Crippen LogP contribution in [-0.4, -0.2) is 35.1 Å². The molecule has 86 valence electrons. The maximum absolute atomic E-state index is 13.3. The van der Waals surface area contributed by atoms with E-state index in [0.29, 0.717) is 13.0 Å². The third-order valence-corrected chi connectivity index (χ3v) is 2.63. The lowest BCUT2D eigenvalue weighted by molar-refractivity contribution is 0.0755. The smallest absolute Gasteiger partial charge is 0.259 e. The van der Waals surface area contributed by atoms with Gasteiger partial charge < -0.3 is 10.0 Å². The molecule has 0 spiro atoms. The summed E-state index contributed by atoms with van der Waals surface area (Å²) in [6, 6.07) is 3.30. The maximum Gasteiger partial charge on any atom is 0.259 e. The number of carbonyl (C=O) groups is 1. The zero-order valence-corrected chi connectivity index (χ0v) is 8.49. The molecule has 0 aliphatic carbocycles. The fourth-order valence-corrected chi connectivity index (χ4v) is 1.79. The zero-order valence-electron chi connectivity index (χ0n) is 8.49. The topological polar surface area (TPSA) is 40.5 Å². The van der Waals surface area contributed by atoms with Crippen molar-refractivity contribution in [3.63, 3.8) is 0 Å². The molecule has 0 radical (unpaired) electrons. The number of hydrogen-bond donors (Lipinski definition) is 1. The lowest BCUT2D eigenvalue weighted by Crippen LogP contribution is -2.31. The summed E-state index contributed by atoms with van der Waals surface area (Å²) >= 11 is 0. The minimum absolute atomic E-state index is 0.132. The van der Waals surface area contributed by atoms with Crippen LogP contribution >= 0.6 is 0 Å². The number of benzene rings is 1. The average molecular weight is 227 g/mol. The molecular weight excluding hydrogens is 216 g/mol. The van der Waals surface area contributed by atoms with Crippen LogP contribution in [0.25, 0.3) is 0 Å². The van der Waals surface area contributed by atoms with Gasteiger partial charge in [0.25, 0.3) is 5.91 Å². The van der Waals surface area contributed by atoms with Gasteiger partial charge in [0.2, 0.25) is 0 Å². The van der Waals surface area contributed by atoms with Crippen LogP contribution in [-0.2, 0) is 0 Å². The Morgan fingerprint density at radius 1 is 1.38 bits per heavy atom. The summed E-state index contributed by atoms with van der Waals surface area (Å²) in [4.78, 5) is 13.0. The molecule has 1 amide bonds. The number of rotatable bonds is 1. The molecule has 0 aromatic heterocycles. The molecule has 1 aliphatic heterocycles. The highest BCUT2D eigenvalue weighted by molar-refractivity contribution is 5.95. The van der Waals surface area contributed by atoms with E-state index in [2.05, 4.69) is 0 Å². The summed E-state index contributed by atoms with van der Waals surface area (Å²) in [6.07, 6.45) is -0.152. The molecule has 0 saturated carbocycles. The molecule has 1 N–H and O–H groups in total. The standard InChI is InChI=1S/C11H11F2NO2/c12-8-2-1-3-9(13)10(8)11(16)14-5-4-7(15)6-14/h1-3,7,15H,4-6H2. The van der Waals surface area contributed by atoms with Gasteiger partial charge in [-0.25, -0.2) is 8.78 Å². The number of nitrogens with zero attached hydrogens (tertiary/aromatic N) is 1. The van der Waals surface area contributed by atoms with Gasteiger partial charge in [-0.05, 0) is 18.6 Å². The molecule has 5 heteroatoms. The molecule has 1 atom stereocenters. The quantitative estimate of drug-likeness (QED) is 0.782. The van der Waals surface area contributed by atoms with Gasteiger partial charge in [0, 0.05) is 13.1 Å². The second-order valence-corrected chi connectivity index (χ2v) is 3.79. The summed E-state index contributed by atoms with van der Waals surface area (Å²) in [6.45, 7) is 0.459. The third-order valence-electron chi connectivity index (χ3n) is 2.63. The predicted octanol–water partition coefficient (Wildman–Crippen LogP) is 1.17. The molecule has 16 heavy (non-hydrogen) atoms. The Bertz CT molecular complexity index is 402. The number of aliphatic hydroxyl groups is 1.